The standard InChI is InChI=1S/C13H17NO/c1-10(13(15)14-12-7-8-12)9-11-5-3-2-4-6-11/h2-6,10,12H,7-9H2,1H3,(H,14,15). The maximum atomic E-state index is 11.7. The largest absolute Gasteiger partial charge is 0.353 e. The second-order valence-electron chi connectivity index (χ2n) is 4.37. The van der Waals surface area contributed by atoms with Crippen molar-refractivity contribution in [2.45, 2.75) is 32.2 Å². The van der Waals surface area contributed by atoms with Gasteiger partial charge in [0.05, 0.1) is 0 Å². The van der Waals surface area contributed by atoms with E-state index in [2.05, 4.69) is 17.4 Å². The summed E-state index contributed by atoms with van der Waals surface area (Å²) in [6, 6.07) is 10.6. The molecule has 1 atom stereocenters. The van der Waals surface area contributed by atoms with E-state index in [4.69, 9.17) is 0 Å². The summed E-state index contributed by atoms with van der Waals surface area (Å²) in [5, 5.41) is 3.03. The van der Waals surface area contributed by atoms with E-state index in [0.29, 0.717) is 6.04 Å². The first-order valence-electron chi connectivity index (χ1n) is 5.60. The smallest absolute Gasteiger partial charge is 0.223 e. The Hall–Kier alpha value is -1.31. The number of amides is 1. The zero-order chi connectivity index (χ0) is 10.7. The van der Waals surface area contributed by atoms with Crippen molar-refractivity contribution < 1.29 is 4.79 Å². The lowest BCUT2D eigenvalue weighted by atomic mass is 10.0. The first kappa shape index (κ1) is 10.2. The molecule has 2 nitrogen and oxygen atoms in total. The zero-order valence-corrected chi connectivity index (χ0v) is 9.07. The van der Waals surface area contributed by atoms with Gasteiger partial charge in [-0.1, -0.05) is 37.3 Å². The van der Waals surface area contributed by atoms with Gasteiger partial charge in [0, 0.05) is 12.0 Å². The van der Waals surface area contributed by atoms with Crippen LogP contribution in [-0.2, 0) is 11.2 Å². The van der Waals surface area contributed by atoms with Crippen LogP contribution in [0.5, 0.6) is 0 Å². The molecule has 0 saturated heterocycles. The Bertz CT molecular complexity index is 330. The third-order valence-corrected chi connectivity index (χ3v) is 2.76. The van der Waals surface area contributed by atoms with E-state index in [1.54, 1.807) is 0 Å². The Kier molecular flexibility index (Phi) is 3.05. The molecule has 0 heterocycles. The molecule has 1 aliphatic rings. The monoisotopic (exact) mass is 203 g/mol. The van der Waals surface area contributed by atoms with Crippen molar-refractivity contribution in [2.24, 2.45) is 5.92 Å². The molecule has 15 heavy (non-hydrogen) atoms. The van der Waals surface area contributed by atoms with Gasteiger partial charge in [-0.25, -0.2) is 0 Å². The van der Waals surface area contributed by atoms with Crippen molar-refractivity contribution >= 4 is 5.91 Å². The highest BCUT2D eigenvalue weighted by Gasteiger charge is 2.25. The molecule has 0 aromatic heterocycles. The van der Waals surface area contributed by atoms with E-state index in [1.165, 1.54) is 5.56 Å². The fraction of sp³-hybridized carbons (Fsp3) is 0.462. The number of benzene rings is 1. The van der Waals surface area contributed by atoms with Gasteiger partial charge in [-0.15, -0.1) is 0 Å². The lowest BCUT2D eigenvalue weighted by Gasteiger charge is -2.11. The molecule has 1 unspecified atom stereocenters. The molecule has 0 radical (unpaired) electrons. The van der Waals surface area contributed by atoms with Crippen LogP contribution in [0.4, 0.5) is 0 Å². The van der Waals surface area contributed by atoms with E-state index in [9.17, 15) is 4.79 Å². The Morgan fingerprint density at radius 2 is 2.07 bits per heavy atom. The molecule has 2 heteroatoms. The lowest BCUT2D eigenvalue weighted by molar-refractivity contribution is -0.124. The van der Waals surface area contributed by atoms with Crippen LogP contribution in [0.15, 0.2) is 30.3 Å². The third-order valence-electron chi connectivity index (χ3n) is 2.76. The van der Waals surface area contributed by atoms with Crippen LogP contribution in [0.3, 0.4) is 0 Å². The van der Waals surface area contributed by atoms with Gasteiger partial charge < -0.3 is 5.32 Å². The van der Waals surface area contributed by atoms with Gasteiger partial charge in [0.25, 0.3) is 0 Å². The van der Waals surface area contributed by atoms with Crippen molar-refractivity contribution in [1.29, 1.82) is 0 Å². The summed E-state index contributed by atoms with van der Waals surface area (Å²) in [4.78, 5) is 11.7. The van der Waals surface area contributed by atoms with Gasteiger partial charge in [-0.3, -0.25) is 4.79 Å². The van der Waals surface area contributed by atoms with Gasteiger partial charge in [-0.05, 0) is 24.8 Å². The lowest BCUT2D eigenvalue weighted by Crippen LogP contribution is -2.31. The predicted molar refractivity (Wildman–Crippen MR) is 60.5 cm³/mol. The minimum atomic E-state index is 0.0769. The first-order valence-corrected chi connectivity index (χ1v) is 5.60. The van der Waals surface area contributed by atoms with Crippen molar-refractivity contribution in [3.05, 3.63) is 35.9 Å². The van der Waals surface area contributed by atoms with Gasteiger partial charge in [0.15, 0.2) is 0 Å². The highest BCUT2D eigenvalue weighted by Crippen LogP contribution is 2.19. The molecule has 1 N–H and O–H groups in total. The molecule has 1 aromatic carbocycles. The summed E-state index contributed by atoms with van der Waals surface area (Å²) in [5.41, 5.74) is 1.23. The summed E-state index contributed by atoms with van der Waals surface area (Å²) in [5.74, 6) is 0.273. The SMILES string of the molecule is CC(Cc1ccccc1)C(=O)NC1CC1. The maximum Gasteiger partial charge on any atom is 0.223 e. The summed E-state index contributed by atoms with van der Waals surface area (Å²) in [6.45, 7) is 1.99. The van der Waals surface area contributed by atoms with Gasteiger partial charge in [0.2, 0.25) is 5.91 Å². The van der Waals surface area contributed by atoms with Crippen molar-refractivity contribution in [3.63, 3.8) is 0 Å². The number of carbonyl (C=O) groups excluding carboxylic acids is 1. The molecule has 1 amide bonds. The number of hydrogen-bond donors (Lipinski definition) is 1. The second-order valence-corrected chi connectivity index (χ2v) is 4.37. The minimum absolute atomic E-state index is 0.0769. The van der Waals surface area contributed by atoms with Crippen LogP contribution in [0.1, 0.15) is 25.3 Å². The fourth-order valence-electron chi connectivity index (χ4n) is 1.63. The molecule has 0 bridgehead atoms. The summed E-state index contributed by atoms with van der Waals surface area (Å²) >= 11 is 0. The van der Waals surface area contributed by atoms with Gasteiger partial charge in [0.1, 0.15) is 0 Å². The average Bonchev–Trinajstić information content (AvgIpc) is 3.03. The summed E-state index contributed by atoms with van der Waals surface area (Å²) in [7, 11) is 0. The van der Waals surface area contributed by atoms with E-state index in [0.717, 1.165) is 19.3 Å². The molecule has 1 saturated carbocycles. The number of hydrogen-bond acceptors (Lipinski definition) is 1. The zero-order valence-electron chi connectivity index (χ0n) is 9.07. The summed E-state index contributed by atoms with van der Waals surface area (Å²) in [6.07, 6.45) is 3.15. The molecule has 1 fully saturated rings. The molecule has 1 aromatic rings. The van der Waals surface area contributed by atoms with E-state index in [-0.39, 0.29) is 11.8 Å². The van der Waals surface area contributed by atoms with Crippen LogP contribution >= 0.6 is 0 Å². The molecule has 80 valence electrons. The van der Waals surface area contributed by atoms with Crippen LogP contribution < -0.4 is 5.32 Å². The molecular weight excluding hydrogens is 186 g/mol. The molecule has 2 rings (SSSR count). The second kappa shape index (κ2) is 4.47. The van der Waals surface area contributed by atoms with Crippen molar-refractivity contribution in [2.75, 3.05) is 0 Å². The van der Waals surface area contributed by atoms with E-state index >= 15 is 0 Å². The Morgan fingerprint density at radius 3 is 2.67 bits per heavy atom. The summed E-state index contributed by atoms with van der Waals surface area (Å²) < 4.78 is 0. The maximum absolute atomic E-state index is 11.7. The number of rotatable bonds is 4. The van der Waals surface area contributed by atoms with Gasteiger partial charge >= 0.3 is 0 Å². The molecule has 1 aliphatic carbocycles. The van der Waals surface area contributed by atoms with Crippen LogP contribution in [0.2, 0.25) is 0 Å². The van der Waals surface area contributed by atoms with E-state index < -0.39 is 0 Å². The van der Waals surface area contributed by atoms with Crippen molar-refractivity contribution in [1.82, 2.24) is 5.32 Å². The average molecular weight is 203 g/mol. The molecule has 0 spiro atoms. The Labute approximate surface area is 90.7 Å². The topological polar surface area (TPSA) is 29.1 Å². The van der Waals surface area contributed by atoms with Gasteiger partial charge in [-0.2, -0.15) is 0 Å². The fourth-order valence-corrected chi connectivity index (χ4v) is 1.63. The minimum Gasteiger partial charge on any atom is -0.353 e. The number of nitrogens with one attached hydrogen (secondary N) is 1. The van der Waals surface area contributed by atoms with Crippen LogP contribution in [0.25, 0.3) is 0 Å². The highest BCUT2D eigenvalue weighted by molar-refractivity contribution is 5.79. The van der Waals surface area contributed by atoms with Crippen LogP contribution in [-0.4, -0.2) is 11.9 Å². The third kappa shape index (κ3) is 3.08. The molecule has 0 aliphatic heterocycles. The Balaban J connectivity index is 1.85. The molecular formula is C13H17NO. The predicted octanol–water partition coefficient (Wildman–Crippen LogP) is 2.14. The normalized spacial score (nSPS) is 17.1. The van der Waals surface area contributed by atoms with E-state index in [1.807, 2.05) is 25.1 Å². The Morgan fingerprint density at radius 1 is 1.40 bits per heavy atom. The van der Waals surface area contributed by atoms with Crippen molar-refractivity contribution in [3.8, 4) is 0 Å². The quantitative estimate of drug-likeness (QED) is 0.798. The highest BCUT2D eigenvalue weighted by atomic mass is 16.1. The number of carbonyl (C=O) groups is 1. The first-order chi connectivity index (χ1) is 7.25. The van der Waals surface area contributed by atoms with Crippen LogP contribution in [0, 0.1) is 5.92 Å².